The number of hydrogen-bond donors (Lipinski definition) is 0. The van der Waals surface area contributed by atoms with E-state index >= 15 is 0 Å². The third-order valence-corrected chi connectivity index (χ3v) is 11.5. The molecule has 0 saturated carbocycles. The molecule has 0 aliphatic carbocycles. The van der Waals surface area contributed by atoms with E-state index in [0.29, 0.717) is 0 Å². The normalized spacial score (nSPS) is 24.5. The van der Waals surface area contributed by atoms with Gasteiger partial charge in [0.25, 0.3) is 0 Å². The Bertz CT molecular complexity index is 1190. The highest BCUT2D eigenvalue weighted by Gasteiger charge is 2.85. The van der Waals surface area contributed by atoms with Crippen molar-refractivity contribution in [3.8, 4) is 0 Å². The summed E-state index contributed by atoms with van der Waals surface area (Å²) in [6, 6.07) is 0. The van der Waals surface area contributed by atoms with Gasteiger partial charge in [-0.1, -0.05) is 0 Å². The van der Waals surface area contributed by atoms with Gasteiger partial charge in [-0.3, -0.25) is 25.3 Å². The Kier molecular flexibility index (Phi) is 5.06. The maximum atomic E-state index is 13.7. The molecule has 172 valence electrons. The molecule has 1 saturated heterocycles. The molecule has 1 aliphatic rings. The molecule has 0 unspecified atom stereocenters. The van der Waals surface area contributed by atoms with Gasteiger partial charge in [-0.15, -0.1) is 0 Å². The first-order chi connectivity index (χ1) is 13.0. The lowest BCUT2D eigenvalue weighted by atomic mass is 10.3. The zero-order chi connectivity index (χ0) is 24.0. The Morgan fingerprint density at radius 2 is 0.867 bits per heavy atom. The van der Waals surface area contributed by atoms with Crippen molar-refractivity contribution in [3.05, 3.63) is 33.0 Å². The van der Waals surface area contributed by atoms with Gasteiger partial charge in [-0.2, -0.15) is 26.3 Å². The number of rotatable bonds is 2. The number of sulfone groups is 3. The minimum Gasteiger partial charge on any atom is -0.255 e. The summed E-state index contributed by atoms with van der Waals surface area (Å²) in [4.78, 5) is -3.46. The fraction of sp³-hybridized carbons (Fsp3) is 0.300. The molecule has 0 spiro atoms. The number of hydrogen-bond acceptors (Lipinski definition) is 6. The van der Waals surface area contributed by atoms with E-state index in [1.54, 1.807) is 0 Å². The van der Waals surface area contributed by atoms with Gasteiger partial charge < -0.3 is 0 Å². The maximum absolute atomic E-state index is 13.7. The maximum Gasteiger partial charge on any atom is 0.396 e. The zero-order valence-corrected chi connectivity index (χ0v) is 15.3. The van der Waals surface area contributed by atoms with E-state index in [2.05, 4.69) is 0 Å². The summed E-state index contributed by atoms with van der Waals surface area (Å²) in [6.07, 6.45) is 0. The third-order valence-electron chi connectivity index (χ3n) is 3.50. The second kappa shape index (κ2) is 6.17. The Balaban J connectivity index is 3.11. The van der Waals surface area contributed by atoms with Crippen molar-refractivity contribution >= 4 is 29.5 Å². The second-order valence-electron chi connectivity index (χ2n) is 5.27. The predicted octanol–water partition coefficient (Wildman–Crippen LogP) is 2.27. The minimum absolute atomic E-state index is 3.11. The number of alkyl halides is 6. The molecule has 0 bridgehead atoms. The first kappa shape index (κ1) is 24.6. The minimum atomic E-state index is -7.96. The highest BCUT2D eigenvalue weighted by atomic mass is 32.3. The van der Waals surface area contributed by atoms with Gasteiger partial charge in [-0.05, 0) is 0 Å². The van der Waals surface area contributed by atoms with Crippen LogP contribution in [0.1, 0.15) is 0 Å². The highest BCUT2D eigenvalue weighted by molar-refractivity contribution is 8.30. The molecule has 20 heteroatoms. The number of benzene rings is 1. The van der Waals surface area contributed by atoms with Gasteiger partial charge in [0.1, 0.15) is 24.6 Å². The van der Waals surface area contributed by atoms with Crippen molar-refractivity contribution in [2.75, 3.05) is 0 Å². The van der Waals surface area contributed by atoms with E-state index in [4.69, 9.17) is 0 Å². The quantitative estimate of drug-likeness (QED) is 0.195. The summed E-state index contributed by atoms with van der Waals surface area (Å²) in [5, 5.41) is -14.4. The third kappa shape index (κ3) is 2.49. The first-order valence-corrected chi connectivity index (χ1v) is 10.8. The van der Waals surface area contributed by atoms with Crippen LogP contribution < -0.4 is 0 Å². The fourth-order valence-electron chi connectivity index (χ4n) is 2.05. The molecule has 1 heterocycles. The molecule has 0 atom stereocenters. The van der Waals surface area contributed by atoms with Crippen LogP contribution in [0.25, 0.3) is 0 Å². The molecule has 0 N–H and O–H groups in total. The molecule has 1 fully saturated rings. The molecular weight excluding hydrogens is 521 g/mol. The lowest BCUT2D eigenvalue weighted by Crippen LogP contribution is -2.68. The van der Waals surface area contributed by atoms with Crippen LogP contribution in [0.15, 0.2) is 4.90 Å². The Morgan fingerprint density at radius 3 is 1.17 bits per heavy atom. The van der Waals surface area contributed by atoms with Crippen molar-refractivity contribution in [2.45, 2.75) is 21.3 Å². The van der Waals surface area contributed by atoms with E-state index in [1.807, 2.05) is 0 Å². The molecule has 0 amide bonds. The summed E-state index contributed by atoms with van der Waals surface area (Å²) >= 11 is 0. The lowest BCUT2D eigenvalue weighted by molar-refractivity contribution is -0.245. The summed E-state index contributed by atoms with van der Waals surface area (Å²) in [6.45, 7) is 0. The van der Waals surface area contributed by atoms with Crippen LogP contribution >= 0.6 is 0 Å². The van der Waals surface area contributed by atoms with Crippen LogP contribution in [0.3, 0.4) is 0 Å². The van der Waals surface area contributed by atoms with Gasteiger partial charge in [0.05, 0.1) is 13.8 Å². The highest BCUT2D eigenvalue weighted by Crippen LogP contribution is 2.61. The summed E-state index contributed by atoms with van der Waals surface area (Å²) in [5.41, 5.74) is 0. The second-order valence-corrected chi connectivity index (χ2v) is 11.7. The van der Waals surface area contributed by atoms with Crippen LogP contribution in [0.2, 0.25) is 0 Å². The molecule has 0 aromatic heterocycles. The molecule has 6 nitrogen and oxygen atoms in total. The molecule has 1 aromatic rings. The predicted molar refractivity (Wildman–Crippen MR) is 69.3 cm³/mol. The van der Waals surface area contributed by atoms with Crippen molar-refractivity contribution in [1.29, 1.82) is 0 Å². The van der Waals surface area contributed by atoms with Gasteiger partial charge >= 0.3 is 16.4 Å². The van der Waals surface area contributed by atoms with Crippen molar-refractivity contribution in [3.63, 3.8) is 0 Å². The fourth-order valence-corrected chi connectivity index (χ4v) is 9.51. The summed E-state index contributed by atoms with van der Waals surface area (Å²) in [7, 11) is -23.5. The molecular formula is C10F11O6S3-. The van der Waals surface area contributed by atoms with Gasteiger partial charge in [-0.25, -0.2) is 22.0 Å². The van der Waals surface area contributed by atoms with Crippen molar-refractivity contribution < 1.29 is 73.5 Å². The summed E-state index contributed by atoms with van der Waals surface area (Å²) in [5.74, 6) is -23.9. The Morgan fingerprint density at radius 1 is 0.600 bits per heavy atom. The Labute approximate surface area is 158 Å². The topological polar surface area (TPSA) is 102 Å². The summed E-state index contributed by atoms with van der Waals surface area (Å²) < 4.78 is 213. The molecule has 0 radical (unpaired) electrons. The molecule has 1 aromatic carbocycles. The van der Waals surface area contributed by atoms with E-state index in [9.17, 15) is 73.5 Å². The standard InChI is InChI=1S/C10F11O6S3/c11-1-2(12)4(14)6(5(15)3(1)13)28(22,23)7-29(24,25)9(18,19)8(16,17)10(20,21)30(7,26)27/q-1. The lowest BCUT2D eigenvalue weighted by Gasteiger charge is -2.45. The average molecular weight is 521 g/mol. The largest absolute Gasteiger partial charge is 0.396 e. The van der Waals surface area contributed by atoms with Gasteiger partial charge in [0, 0.05) is 0 Å². The van der Waals surface area contributed by atoms with Crippen LogP contribution in [-0.4, -0.2) is 41.7 Å². The smallest absolute Gasteiger partial charge is 0.255 e. The monoisotopic (exact) mass is 521 g/mol. The van der Waals surface area contributed by atoms with E-state index in [-0.39, 0.29) is 0 Å². The van der Waals surface area contributed by atoms with Gasteiger partial charge in [0.15, 0.2) is 23.3 Å². The van der Waals surface area contributed by atoms with Crippen molar-refractivity contribution in [2.24, 2.45) is 0 Å². The van der Waals surface area contributed by atoms with Gasteiger partial charge in [0.2, 0.25) is 5.82 Å². The van der Waals surface area contributed by atoms with E-state index in [1.165, 1.54) is 0 Å². The van der Waals surface area contributed by atoms with Crippen LogP contribution in [0, 0.1) is 33.0 Å². The SMILES string of the molecule is O=S(=O)(c1c(F)c(F)c(F)c(F)c1F)[C-]1S(=O)(=O)C(F)(F)C(F)(F)C(F)(F)S1(=O)=O. The Hall–Kier alpha value is -1.70. The van der Waals surface area contributed by atoms with Crippen LogP contribution in [-0.2, 0) is 29.5 Å². The molecule has 1 aliphatic heterocycles. The first-order valence-electron chi connectivity index (χ1n) is 6.30. The molecule has 2 rings (SSSR count). The van der Waals surface area contributed by atoms with E-state index in [0.717, 1.165) is 0 Å². The zero-order valence-electron chi connectivity index (χ0n) is 12.8. The average Bonchev–Trinajstić information content (AvgIpc) is 2.55. The van der Waals surface area contributed by atoms with Crippen molar-refractivity contribution in [1.82, 2.24) is 0 Å². The van der Waals surface area contributed by atoms with Crippen LogP contribution in [0.5, 0.6) is 0 Å². The molecule has 30 heavy (non-hydrogen) atoms. The van der Waals surface area contributed by atoms with E-state index < -0.39 is 83.8 Å². The van der Waals surface area contributed by atoms with Crippen LogP contribution in [0.4, 0.5) is 48.3 Å². The number of halogens is 11.